The molecule has 0 atom stereocenters. The normalized spacial score (nSPS) is 12.0. The van der Waals surface area contributed by atoms with Crippen molar-refractivity contribution in [1.29, 1.82) is 0 Å². The molecule has 0 saturated carbocycles. The summed E-state index contributed by atoms with van der Waals surface area (Å²) in [6.07, 6.45) is 3.25. The molecule has 1 amide bonds. The Kier molecular flexibility index (Phi) is 3.39. The second-order valence-electron chi connectivity index (χ2n) is 6.79. The zero-order valence-electron chi connectivity index (χ0n) is 14.3. The van der Waals surface area contributed by atoms with Crippen LogP contribution in [0.4, 0.5) is 5.69 Å². The minimum atomic E-state index is 0.000912. The van der Waals surface area contributed by atoms with E-state index in [1.165, 1.54) is 22.3 Å². The fourth-order valence-electron chi connectivity index (χ4n) is 3.86. The Morgan fingerprint density at radius 2 is 1.73 bits per heavy atom. The molecule has 3 nitrogen and oxygen atoms in total. The molecule has 1 aliphatic rings. The van der Waals surface area contributed by atoms with Gasteiger partial charge in [-0.3, -0.25) is 4.79 Å². The van der Waals surface area contributed by atoms with Gasteiger partial charge in [0.25, 0.3) is 0 Å². The molecule has 5 rings (SSSR count). The number of anilines is 1. The van der Waals surface area contributed by atoms with Gasteiger partial charge in [-0.05, 0) is 52.4 Å². The van der Waals surface area contributed by atoms with Crippen molar-refractivity contribution in [2.45, 2.75) is 12.8 Å². The van der Waals surface area contributed by atoms with Gasteiger partial charge < -0.3 is 10.3 Å². The van der Waals surface area contributed by atoms with Gasteiger partial charge in [-0.1, -0.05) is 48.5 Å². The summed E-state index contributed by atoms with van der Waals surface area (Å²) < 4.78 is 0. The number of benzene rings is 3. The Morgan fingerprint density at radius 3 is 2.69 bits per heavy atom. The highest BCUT2D eigenvalue weighted by atomic mass is 16.1. The number of carbonyl (C=O) groups excluding carboxylic acids is 1. The number of carbonyl (C=O) groups is 1. The van der Waals surface area contributed by atoms with E-state index in [0.29, 0.717) is 6.42 Å². The van der Waals surface area contributed by atoms with Crippen LogP contribution in [0.1, 0.15) is 16.7 Å². The lowest BCUT2D eigenvalue weighted by atomic mass is 10.1. The van der Waals surface area contributed by atoms with Gasteiger partial charge >= 0.3 is 0 Å². The first-order chi connectivity index (χ1) is 12.8. The number of rotatable bonds is 3. The molecule has 3 heteroatoms. The van der Waals surface area contributed by atoms with Crippen LogP contribution in [0.3, 0.4) is 0 Å². The summed E-state index contributed by atoms with van der Waals surface area (Å²) in [5.74, 6) is 0.000912. The molecule has 26 heavy (non-hydrogen) atoms. The molecule has 0 bridgehead atoms. The summed E-state index contributed by atoms with van der Waals surface area (Å²) in [6, 6.07) is 22.7. The SMILES string of the molecule is O=C(Cc1c[nH]c2ccccc12)Nc1ccc2c(c1)-c1ccccc1C2. The Bertz CT molecular complexity index is 1140. The lowest BCUT2D eigenvalue weighted by Gasteiger charge is -2.08. The largest absolute Gasteiger partial charge is 0.361 e. The molecule has 1 heterocycles. The van der Waals surface area contributed by atoms with Crippen LogP contribution in [-0.4, -0.2) is 10.9 Å². The highest BCUT2D eigenvalue weighted by Crippen LogP contribution is 2.37. The molecule has 0 radical (unpaired) electrons. The van der Waals surface area contributed by atoms with Crippen LogP contribution in [-0.2, 0) is 17.6 Å². The van der Waals surface area contributed by atoms with Crippen molar-refractivity contribution in [1.82, 2.24) is 4.98 Å². The predicted molar refractivity (Wildman–Crippen MR) is 105 cm³/mol. The van der Waals surface area contributed by atoms with Crippen LogP contribution < -0.4 is 5.32 Å². The monoisotopic (exact) mass is 338 g/mol. The average Bonchev–Trinajstić information content (AvgIpc) is 3.23. The first kappa shape index (κ1) is 15.0. The quantitative estimate of drug-likeness (QED) is 0.482. The van der Waals surface area contributed by atoms with E-state index in [4.69, 9.17) is 0 Å². The molecule has 0 aliphatic heterocycles. The maximum atomic E-state index is 12.5. The summed E-state index contributed by atoms with van der Waals surface area (Å²) in [6.45, 7) is 0. The van der Waals surface area contributed by atoms with Gasteiger partial charge in [0.15, 0.2) is 0 Å². The molecule has 0 unspecified atom stereocenters. The maximum Gasteiger partial charge on any atom is 0.228 e. The molecule has 0 saturated heterocycles. The van der Waals surface area contributed by atoms with E-state index in [0.717, 1.165) is 28.6 Å². The zero-order chi connectivity index (χ0) is 17.5. The molecule has 1 aromatic heterocycles. The third-order valence-corrected chi connectivity index (χ3v) is 5.11. The molecule has 0 fully saturated rings. The third kappa shape index (κ3) is 2.49. The number of aromatic nitrogens is 1. The number of fused-ring (bicyclic) bond motifs is 4. The lowest BCUT2D eigenvalue weighted by molar-refractivity contribution is -0.115. The van der Waals surface area contributed by atoms with E-state index in [1.807, 2.05) is 36.5 Å². The third-order valence-electron chi connectivity index (χ3n) is 5.11. The molecular formula is C23H18N2O. The summed E-state index contributed by atoms with van der Waals surface area (Å²) in [7, 11) is 0. The van der Waals surface area contributed by atoms with Crippen molar-refractivity contribution in [3.05, 3.63) is 89.6 Å². The van der Waals surface area contributed by atoms with Gasteiger partial charge in [0.1, 0.15) is 0 Å². The smallest absolute Gasteiger partial charge is 0.228 e. The van der Waals surface area contributed by atoms with Crippen LogP contribution in [0.2, 0.25) is 0 Å². The summed E-state index contributed by atoms with van der Waals surface area (Å²) in [5, 5.41) is 4.15. The Hall–Kier alpha value is -3.33. The Morgan fingerprint density at radius 1 is 0.923 bits per heavy atom. The van der Waals surface area contributed by atoms with E-state index >= 15 is 0 Å². The number of para-hydroxylation sites is 1. The molecule has 2 N–H and O–H groups in total. The number of aromatic amines is 1. The first-order valence-electron chi connectivity index (χ1n) is 8.84. The van der Waals surface area contributed by atoms with Crippen molar-refractivity contribution < 1.29 is 4.79 Å². The van der Waals surface area contributed by atoms with Gasteiger partial charge in [0, 0.05) is 22.8 Å². The lowest BCUT2D eigenvalue weighted by Crippen LogP contribution is -2.14. The fourth-order valence-corrected chi connectivity index (χ4v) is 3.86. The van der Waals surface area contributed by atoms with Crippen LogP contribution in [0, 0.1) is 0 Å². The van der Waals surface area contributed by atoms with E-state index in [2.05, 4.69) is 46.7 Å². The second-order valence-corrected chi connectivity index (χ2v) is 6.79. The van der Waals surface area contributed by atoms with Crippen molar-refractivity contribution in [3.8, 4) is 11.1 Å². The van der Waals surface area contributed by atoms with Crippen LogP contribution in [0.15, 0.2) is 72.9 Å². The molecule has 0 spiro atoms. The minimum Gasteiger partial charge on any atom is -0.361 e. The number of amides is 1. The van der Waals surface area contributed by atoms with E-state index in [1.54, 1.807) is 0 Å². The van der Waals surface area contributed by atoms with Gasteiger partial charge in [-0.15, -0.1) is 0 Å². The summed E-state index contributed by atoms with van der Waals surface area (Å²) >= 11 is 0. The maximum absolute atomic E-state index is 12.5. The highest BCUT2D eigenvalue weighted by Gasteiger charge is 2.18. The number of H-pyrrole nitrogens is 1. The Labute approximate surface area is 151 Å². The second kappa shape index (κ2) is 5.88. The minimum absolute atomic E-state index is 0.000912. The van der Waals surface area contributed by atoms with Crippen molar-refractivity contribution in [3.63, 3.8) is 0 Å². The van der Waals surface area contributed by atoms with Crippen molar-refractivity contribution in [2.75, 3.05) is 5.32 Å². The van der Waals surface area contributed by atoms with Gasteiger partial charge in [0.2, 0.25) is 5.91 Å². The molecule has 1 aliphatic carbocycles. The summed E-state index contributed by atoms with van der Waals surface area (Å²) in [5.41, 5.74) is 8.10. The van der Waals surface area contributed by atoms with Gasteiger partial charge in [-0.2, -0.15) is 0 Å². The van der Waals surface area contributed by atoms with Crippen LogP contribution >= 0.6 is 0 Å². The zero-order valence-corrected chi connectivity index (χ0v) is 14.3. The van der Waals surface area contributed by atoms with Crippen molar-refractivity contribution in [2.24, 2.45) is 0 Å². The highest BCUT2D eigenvalue weighted by molar-refractivity contribution is 5.96. The number of nitrogens with one attached hydrogen (secondary N) is 2. The van der Waals surface area contributed by atoms with Crippen LogP contribution in [0.5, 0.6) is 0 Å². The van der Waals surface area contributed by atoms with Crippen molar-refractivity contribution >= 4 is 22.5 Å². The van der Waals surface area contributed by atoms with Gasteiger partial charge in [0.05, 0.1) is 6.42 Å². The number of hydrogen-bond acceptors (Lipinski definition) is 1. The van der Waals surface area contributed by atoms with E-state index in [9.17, 15) is 4.79 Å². The van der Waals surface area contributed by atoms with Gasteiger partial charge in [-0.25, -0.2) is 0 Å². The molecule has 3 aromatic carbocycles. The van der Waals surface area contributed by atoms with E-state index < -0.39 is 0 Å². The van der Waals surface area contributed by atoms with Crippen LogP contribution in [0.25, 0.3) is 22.0 Å². The topological polar surface area (TPSA) is 44.9 Å². The molecule has 126 valence electrons. The standard InChI is InChI=1S/C23H18N2O/c26-23(12-17-14-24-22-8-4-3-7-20(17)22)25-18-10-9-16-11-15-5-1-2-6-19(15)21(16)13-18/h1-10,13-14,24H,11-12H2,(H,25,26). The first-order valence-corrected chi connectivity index (χ1v) is 8.84. The average molecular weight is 338 g/mol. The summed E-state index contributed by atoms with van der Waals surface area (Å²) in [4.78, 5) is 15.8. The number of hydrogen-bond donors (Lipinski definition) is 2. The predicted octanol–water partition coefficient (Wildman–Crippen LogP) is 4.92. The Balaban J connectivity index is 1.38. The molecule has 4 aromatic rings. The van der Waals surface area contributed by atoms with E-state index in [-0.39, 0.29) is 5.91 Å². The fraction of sp³-hybridized carbons (Fsp3) is 0.0870. The molecular weight excluding hydrogens is 320 g/mol.